The molecule has 122 valence electrons. The molecule has 2 heterocycles. The van der Waals surface area contributed by atoms with Gasteiger partial charge in [-0.25, -0.2) is 9.59 Å². The van der Waals surface area contributed by atoms with Crippen molar-refractivity contribution in [1.29, 1.82) is 0 Å². The Hall–Kier alpha value is -2.84. The van der Waals surface area contributed by atoms with E-state index in [0.29, 0.717) is 24.0 Å². The van der Waals surface area contributed by atoms with Crippen molar-refractivity contribution in [1.82, 2.24) is 14.5 Å². The van der Waals surface area contributed by atoms with E-state index in [-0.39, 0.29) is 17.9 Å². The van der Waals surface area contributed by atoms with E-state index in [1.165, 1.54) is 21.3 Å². The van der Waals surface area contributed by atoms with Crippen molar-refractivity contribution < 1.29 is 14.5 Å². The van der Waals surface area contributed by atoms with Crippen molar-refractivity contribution >= 4 is 22.8 Å². The first-order valence-corrected chi connectivity index (χ1v) is 7.17. The van der Waals surface area contributed by atoms with Crippen LogP contribution in [-0.4, -0.2) is 32.3 Å². The lowest BCUT2D eigenvalue weighted by molar-refractivity contribution is -0.384. The zero-order valence-corrected chi connectivity index (χ0v) is 12.7. The van der Waals surface area contributed by atoms with Gasteiger partial charge in [0.25, 0.3) is 5.69 Å². The highest BCUT2D eigenvalue weighted by Gasteiger charge is 2.40. The first-order chi connectivity index (χ1) is 10.9. The number of nitrogens with one attached hydrogen (secondary N) is 1. The number of aryl methyl sites for hydroxylation is 1. The summed E-state index contributed by atoms with van der Waals surface area (Å²) in [6.45, 7) is 2.29. The first kappa shape index (κ1) is 15.1. The third-order valence-corrected chi connectivity index (χ3v) is 4.29. The number of benzene rings is 1. The Labute approximate surface area is 130 Å². The molecule has 0 saturated carbocycles. The van der Waals surface area contributed by atoms with Crippen molar-refractivity contribution in [3.8, 4) is 0 Å². The van der Waals surface area contributed by atoms with Crippen LogP contribution < -0.4 is 11.0 Å². The molecule has 1 atom stereocenters. The van der Waals surface area contributed by atoms with E-state index in [2.05, 4.69) is 5.32 Å². The fourth-order valence-electron chi connectivity index (χ4n) is 2.85. The van der Waals surface area contributed by atoms with Gasteiger partial charge in [0, 0.05) is 19.2 Å². The smallest absolute Gasteiger partial charge is 0.407 e. The molecule has 3 rings (SSSR count). The van der Waals surface area contributed by atoms with E-state index in [4.69, 9.17) is 4.74 Å². The lowest BCUT2D eigenvalue weighted by atomic mass is 10.0. The Kier molecular flexibility index (Phi) is 3.35. The second kappa shape index (κ2) is 5.11. The summed E-state index contributed by atoms with van der Waals surface area (Å²) in [6.07, 6.45) is -0.00476. The molecule has 23 heavy (non-hydrogen) atoms. The fraction of sp³-hybridized carbons (Fsp3) is 0.429. The first-order valence-electron chi connectivity index (χ1n) is 7.17. The molecule has 9 heteroatoms. The number of rotatable bonds is 4. The number of carbonyl (C=O) groups is 1. The molecule has 1 aromatic carbocycles. The lowest BCUT2D eigenvalue weighted by Gasteiger charge is -2.25. The van der Waals surface area contributed by atoms with Crippen LogP contribution in [0.15, 0.2) is 23.0 Å². The third kappa shape index (κ3) is 2.33. The van der Waals surface area contributed by atoms with Gasteiger partial charge in [0.1, 0.15) is 5.60 Å². The largest absolute Gasteiger partial charge is 0.439 e. The number of cyclic esters (lactones) is 1. The molecule has 1 amide bonds. The highest BCUT2D eigenvalue weighted by molar-refractivity contribution is 5.79. The monoisotopic (exact) mass is 320 g/mol. The Morgan fingerprint density at radius 1 is 1.39 bits per heavy atom. The number of ether oxygens (including phenoxy) is 1. The Balaban J connectivity index is 2.14. The molecule has 1 N–H and O–H groups in total. The quantitative estimate of drug-likeness (QED) is 0.671. The molecule has 0 radical (unpaired) electrons. The molecular formula is C14H16N4O5. The maximum Gasteiger partial charge on any atom is 0.407 e. The van der Waals surface area contributed by atoms with Gasteiger partial charge < -0.3 is 10.1 Å². The number of alkyl carbamates (subject to hydrolysis) is 1. The second-order valence-electron chi connectivity index (χ2n) is 5.64. The van der Waals surface area contributed by atoms with Gasteiger partial charge in [0.15, 0.2) is 0 Å². The lowest BCUT2D eigenvalue weighted by Crippen LogP contribution is -2.40. The van der Waals surface area contributed by atoms with Crippen LogP contribution in [0.3, 0.4) is 0 Å². The minimum Gasteiger partial charge on any atom is -0.439 e. The Morgan fingerprint density at radius 3 is 2.70 bits per heavy atom. The van der Waals surface area contributed by atoms with Crippen molar-refractivity contribution in [3.63, 3.8) is 0 Å². The summed E-state index contributed by atoms with van der Waals surface area (Å²) in [5.41, 5.74) is -0.202. The van der Waals surface area contributed by atoms with Gasteiger partial charge in [-0.3, -0.25) is 19.2 Å². The number of hydrogen-bond donors (Lipinski definition) is 1. The molecule has 2 aromatic rings. The Bertz CT molecular complexity index is 868. The number of aromatic nitrogens is 2. The molecule has 0 aliphatic carbocycles. The topological polar surface area (TPSA) is 108 Å². The van der Waals surface area contributed by atoms with Crippen LogP contribution in [0.25, 0.3) is 11.0 Å². The molecule has 1 aliphatic heterocycles. The molecule has 1 unspecified atom stereocenters. The summed E-state index contributed by atoms with van der Waals surface area (Å²) in [4.78, 5) is 34.4. The maximum atomic E-state index is 12.5. The summed E-state index contributed by atoms with van der Waals surface area (Å²) in [5, 5.41) is 13.6. The van der Waals surface area contributed by atoms with Gasteiger partial charge in [0.05, 0.1) is 29.0 Å². The van der Waals surface area contributed by atoms with E-state index < -0.39 is 16.6 Å². The standard InChI is InChI=1S/C14H16N4O5/c1-3-14(7-15-12(19)23-14)8-17-11-6-9(18(21)22)4-5-10(11)16(2)13(17)20/h4-6H,3,7-8H2,1-2H3,(H,15,19). The van der Waals surface area contributed by atoms with Gasteiger partial charge in [-0.05, 0) is 12.5 Å². The van der Waals surface area contributed by atoms with E-state index >= 15 is 0 Å². The number of hydrogen-bond acceptors (Lipinski definition) is 5. The van der Waals surface area contributed by atoms with Crippen molar-refractivity contribution in [3.05, 3.63) is 38.8 Å². The minimum atomic E-state index is -0.834. The van der Waals surface area contributed by atoms with Crippen LogP contribution in [0.5, 0.6) is 0 Å². The highest BCUT2D eigenvalue weighted by Crippen LogP contribution is 2.26. The number of nitro benzene ring substituents is 1. The summed E-state index contributed by atoms with van der Waals surface area (Å²) >= 11 is 0. The Morgan fingerprint density at radius 2 is 2.13 bits per heavy atom. The second-order valence-corrected chi connectivity index (χ2v) is 5.64. The average molecular weight is 320 g/mol. The maximum absolute atomic E-state index is 12.5. The summed E-state index contributed by atoms with van der Waals surface area (Å²) in [7, 11) is 1.60. The predicted octanol–water partition coefficient (Wildman–Crippen LogP) is 1.14. The van der Waals surface area contributed by atoms with Gasteiger partial charge >= 0.3 is 11.8 Å². The molecule has 1 aromatic heterocycles. The number of fused-ring (bicyclic) bond motifs is 1. The number of carbonyl (C=O) groups excluding carboxylic acids is 1. The van der Waals surface area contributed by atoms with Gasteiger partial charge in [-0.1, -0.05) is 6.92 Å². The normalized spacial score (nSPS) is 20.5. The van der Waals surface area contributed by atoms with Gasteiger partial charge in [-0.2, -0.15) is 0 Å². The van der Waals surface area contributed by atoms with Crippen LogP contribution in [0, 0.1) is 10.1 Å². The molecule has 1 aliphatic rings. The fourth-order valence-corrected chi connectivity index (χ4v) is 2.85. The van der Waals surface area contributed by atoms with E-state index in [1.807, 2.05) is 6.92 Å². The summed E-state index contributed by atoms with van der Waals surface area (Å²) in [5.74, 6) is 0. The molecule has 1 saturated heterocycles. The van der Waals surface area contributed by atoms with Crippen LogP contribution in [0.2, 0.25) is 0 Å². The average Bonchev–Trinajstić information content (AvgIpc) is 3.01. The summed E-state index contributed by atoms with van der Waals surface area (Å²) < 4.78 is 8.19. The number of non-ortho nitro benzene ring substituents is 1. The number of nitrogens with zero attached hydrogens (tertiary/aromatic N) is 3. The molecule has 0 bridgehead atoms. The zero-order valence-electron chi connectivity index (χ0n) is 12.7. The van der Waals surface area contributed by atoms with Gasteiger partial charge in [-0.15, -0.1) is 0 Å². The van der Waals surface area contributed by atoms with Crippen LogP contribution in [-0.2, 0) is 18.3 Å². The van der Waals surface area contributed by atoms with Gasteiger partial charge in [0.2, 0.25) is 0 Å². The molecule has 9 nitrogen and oxygen atoms in total. The zero-order chi connectivity index (χ0) is 16.8. The number of imidazole rings is 1. The number of nitro groups is 1. The highest BCUT2D eigenvalue weighted by atomic mass is 16.6. The van der Waals surface area contributed by atoms with Crippen molar-refractivity contribution in [2.24, 2.45) is 7.05 Å². The third-order valence-electron chi connectivity index (χ3n) is 4.29. The van der Waals surface area contributed by atoms with E-state index in [9.17, 15) is 19.7 Å². The van der Waals surface area contributed by atoms with Crippen LogP contribution in [0.4, 0.5) is 10.5 Å². The molecule has 1 fully saturated rings. The molecular weight excluding hydrogens is 304 g/mol. The van der Waals surface area contributed by atoms with Crippen molar-refractivity contribution in [2.75, 3.05) is 6.54 Å². The summed E-state index contributed by atoms with van der Waals surface area (Å²) in [6, 6.07) is 4.27. The van der Waals surface area contributed by atoms with Crippen molar-refractivity contribution in [2.45, 2.75) is 25.5 Å². The SMILES string of the molecule is CCC1(Cn2c(=O)n(C)c3ccc([N+](=O)[O-])cc32)CNC(=O)O1. The minimum absolute atomic E-state index is 0.0936. The van der Waals surface area contributed by atoms with E-state index in [0.717, 1.165) is 0 Å². The van der Waals surface area contributed by atoms with Crippen LogP contribution >= 0.6 is 0 Å². The van der Waals surface area contributed by atoms with E-state index in [1.54, 1.807) is 13.1 Å². The number of amides is 1. The molecule has 0 spiro atoms. The van der Waals surface area contributed by atoms with Crippen LogP contribution in [0.1, 0.15) is 13.3 Å². The predicted molar refractivity (Wildman–Crippen MR) is 81.3 cm³/mol.